The number of benzene rings is 1. The fourth-order valence-corrected chi connectivity index (χ4v) is 2.81. The molecule has 4 heteroatoms. The smallest absolute Gasteiger partial charge is 0.231 e. The molecule has 1 aliphatic rings. The van der Waals surface area contributed by atoms with Crippen molar-refractivity contribution in [1.82, 2.24) is 10.2 Å². The van der Waals surface area contributed by atoms with E-state index >= 15 is 0 Å². The SMILES string of the molecule is CC(C)N(CC(N)=O)C1CCNCc2ccccc21. The lowest BCUT2D eigenvalue weighted by Gasteiger charge is -2.34. The zero-order valence-electron chi connectivity index (χ0n) is 11.7. The first-order chi connectivity index (χ1) is 9.09. The summed E-state index contributed by atoms with van der Waals surface area (Å²) < 4.78 is 0. The van der Waals surface area contributed by atoms with Gasteiger partial charge in [0.15, 0.2) is 0 Å². The summed E-state index contributed by atoms with van der Waals surface area (Å²) in [6, 6.07) is 9.02. The van der Waals surface area contributed by atoms with Crippen molar-refractivity contribution in [3.8, 4) is 0 Å². The summed E-state index contributed by atoms with van der Waals surface area (Å²) in [5.41, 5.74) is 8.04. The Bertz CT molecular complexity index is 445. The van der Waals surface area contributed by atoms with Crippen molar-refractivity contribution in [2.45, 2.75) is 38.9 Å². The van der Waals surface area contributed by atoms with Crippen LogP contribution in [-0.2, 0) is 11.3 Å². The molecule has 0 saturated carbocycles. The Balaban J connectivity index is 2.33. The minimum absolute atomic E-state index is 0.261. The van der Waals surface area contributed by atoms with Gasteiger partial charge in [-0.1, -0.05) is 24.3 Å². The first kappa shape index (κ1) is 14.0. The van der Waals surface area contributed by atoms with E-state index in [-0.39, 0.29) is 11.9 Å². The number of primary amides is 1. The van der Waals surface area contributed by atoms with Gasteiger partial charge in [0.1, 0.15) is 0 Å². The Morgan fingerprint density at radius 2 is 2.21 bits per heavy atom. The van der Waals surface area contributed by atoms with Gasteiger partial charge in [-0.05, 0) is 37.9 Å². The molecule has 2 rings (SSSR count). The number of rotatable bonds is 4. The summed E-state index contributed by atoms with van der Waals surface area (Å²) in [6.07, 6.45) is 1.00. The highest BCUT2D eigenvalue weighted by atomic mass is 16.1. The second-order valence-corrected chi connectivity index (χ2v) is 5.41. The van der Waals surface area contributed by atoms with Crippen molar-refractivity contribution in [2.24, 2.45) is 5.73 Å². The second-order valence-electron chi connectivity index (χ2n) is 5.41. The molecule has 1 aliphatic heterocycles. The summed E-state index contributed by atoms with van der Waals surface area (Å²) >= 11 is 0. The third-order valence-corrected chi connectivity index (χ3v) is 3.73. The van der Waals surface area contributed by atoms with Gasteiger partial charge in [0.25, 0.3) is 0 Å². The van der Waals surface area contributed by atoms with Crippen LogP contribution in [0.1, 0.15) is 37.4 Å². The normalized spacial score (nSPS) is 19.3. The molecule has 1 aromatic rings. The maximum absolute atomic E-state index is 11.3. The quantitative estimate of drug-likeness (QED) is 0.861. The number of amides is 1. The molecular formula is C15H23N3O. The standard InChI is InChI=1S/C15H23N3O/c1-11(2)18(10-15(16)19)14-7-8-17-9-12-5-3-4-6-13(12)14/h3-6,11,14,17H,7-10H2,1-2H3,(H2,16,19). The number of fused-ring (bicyclic) bond motifs is 1. The Hall–Kier alpha value is -1.39. The largest absolute Gasteiger partial charge is 0.369 e. The second kappa shape index (κ2) is 6.17. The fourth-order valence-electron chi connectivity index (χ4n) is 2.81. The van der Waals surface area contributed by atoms with E-state index in [0.29, 0.717) is 12.6 Å². The van der Waals surface area contributed by atoms with Crippen molar-refractivity contribution < 1.29 is 4.79 Å². The molecule has 0 radical (unpaired) electrons. The van der Waals surface area contributed by atoms with Gasteiger partial charge in [0, 0.05) is 18.6 Å². The molecule has 1 aromatic carbocycles. The molecule has 0 aromatic heterocycles. The first-order valence-corrected chi connectivity index (χ1v) is 6.92. The molecule has 19 heavy (non-hydrogen) atoms. The van der Waals surface area contributed by atoms with Gasteiger partial charge >= 0.3 is 0 Å². The fraction of sp³-hybridized carbons (Fsp3) is 0.533. The van der Waals surface area contributed by atoms with Crippen LogP contribution in [0.5, 0.6) is 0 Å². The van der Waals surface area contributed by atoms with Crippen LogP contribution in [0.4, 0.5) is 0 Å². The van der Waals surface area contributed by atoms with Crippen molar-refractivity contribution in [2.75, 3.05) is 13.1 Å². The van der Waals surface area contributed by atoms with Gasteiger partial charge in [-0.25, -0.2) is 0 Å². The Morgan fingerprint density at radius 1 is 1.47 bits per heavy atom. The molecule has 4 nitrogen and oxygen atoms in total. The maximum atomic E-state index is 11.3. The van der Waals surface area contributed by atoms with E-state index in [2.05, 4.69) is 48.3 Å². The average Bonchev–Trinajstić information content (AvgIpc) is 2.57. The summed E-state index contributed by atoms with van der Waals surface area (Å²) in [4.78, 5) is 13.5. The third-order valence-electron chi connectivity index (χ3n) is 3.73. The third kappa shape index (κ3) is 3.33. The van der Waals surface area contributed by atoms with Crippen molar-refractivity contribution in [3.05, 3.63) is 35.4 Å². The Morgan fingerprint density at radius 3 is 2.89 bits per heavy atom. The summed E-state index contributed by atoms with van der Waals surface area (Å²) in [6.45, 7) is 6.40. The van der Waals surface area contributed by atoms with Crippen LogP contribution in [0, 0.1) is 0 Å². The lowest BCUT2D eigenvalue weighted by molar-refractivity contribution is -0.120. The number of hydrogen-bond donors (Lipinski definition) is 2. The molecule has 0 fully saturated rings. The van der Waals surface area contributed by atoms with Crippen LogP contribution < -0.4 is 11.1 Å². The average molecular weight is 261 g/mol. The van der Waals surface area contributed by atoms with E-state index in [1.165, 1.54) is 11.1 Å². The number of carbonyl (C=O) groups excluding carboxylic acids is 1. The number of nitrogens with zero attached hydrogens (tertiary/aromatic N) is 1. The van der Waals surface area contributed by atoms with Crippen LogP contribution in [0.15, 0.2) is 24.3 Å². The van der Waals surface area contributed by atoms with E-state index in [1.807, 2.05) is 0 Å². The minimum atomic E-state index is -0.261. The topological polar surface area (TPSA) is 58.4 Å². The van der Waals surface area contributed by atoms with E-state index in [1.54, 1.807) is 0 Å². The molecule has 1 unspecified atom stereocenters. The van der Waals surface area contributed by atoms with Gasteiger partial charge in [0.05, 0.1) is 6.54 Å². The van der Waals surface area contributed by atoms with Crippen molar-refractivity contribution in [1.29, 1.82) is 0 Å². The minimum Gasteiger partial charge on any atom is -0.369 e. The van der Waals surface area contributed by atoms with E-state index in [4.69, 9.17) is 5.73 Å². The van der Waals surface area contributed by atoms with Gasteiger partial charge < -0.3 is 11.1 Å². The van der Waals surface area contributed by atoms with Gasteiger partial charge in [-0.15, -0.1) is 0 Å². The Kier molecular flexibility index (Phi) is 4.56. The highest BCUT2D eigenvalue weighted by Gasteiger charge is 2.27. The molecule has 3 N–H and O–H groups in total. The van der Waals surface area contributed by atoms with Crippen molar-refractivity contribution >= 4 is 5.91 Å². The van der Waals surface area contributed by atoms with Crippen LogP contribution in [0.25, 0.3) is 0 Å². The zero-order chi connectivity index (χ0) is 13.8. The lowest BCUT2D eigenvalue weighted by Crippen LogP contribution is -2.41. The number of nitrogens with one attached hydrogen (secondary N) is 1. The van der Waals surface area contributed by atoms with Crippen molar-refractivity contribution in [3.63, 3.8) is 0 Å². The number of nitrogens with two attached hydrogens (primary N) is 1. The molecule has 0 spiro atoms. The predicted octanol–water partition coefficient (Wildman–Crippen LogP) is 1.42. The first-order valence-electron chi connectivity index (χ1n) is 6.92. The highest BCUT2D eigenvalue weighted by molar-refractivity contribution is 5.76. The lowest BCUT2D eigenvalue weighted by atomic mass is 9.97. The van der Waals surface area contributed by atoms with Crippen LogP contribution in [0.3, 0.4) is 0 Å². The molecule has 1 amide bonds. The molecule has 0 aliphatic carbocycles. The zero-order valence-corrected chi connectivity index (χ0v) is 11.7. The maximum Gasteiger partial charge on any atom is 0.231 e. The van der Waals surface area contributed by atoms with Gasteiger partial charge in [-0.3, -0.25) is 9.69 Å². The van der Waals surface area contributed by atoms with Crippen LogP contribution >= 0.6 is 0 Å². The molecule has 1 heterocycles. The predicted molar refractivity (Wildman–Crippen MR) is 76.5 cm³/mol. The van der Waals surface area contributed by atoms with Gasteiger partial charge in [-0.2, -0.15) is 0 Å². The molecule has 0 bridgehead atoms. The van der Waals surface area contributed by atoms with E-state index in [9.17, 15) is 4.79 Å². The van der Waals surface area contributed by atoms with E-state index < -0.39 is 0 Å². The molecule has 0 saturated heterocycles. The van der Waals surface area contributed by atoms with Gasteiger partial charge in [0.2, 0.25) is 5.91 Å². The van der Waals surface area contributed by atoms with Crippen LogP contribution in [-0.4, -0.2) is 29.9 Å². The van der Waals surface area contributed by atoms with Crippen LogP contribution in [0.2, 0.25) is 0 Å². The summed E-state index contributed by atoms with van der Waals surface area (Å²) in [5, 5.41) is 3.44. The highest BCUT2D eigenvalue weighted by Crippen LogP contribution is 2.30. The molecular weight excluding hydrogens is 238 g/mol. The number of hydrogen-bond acceptors (Lipinski definition) is 3. The monoisotopic (exact) mass is 261 g/mol. The molecule has 1 atom stereocenters. The number of carbonyl (C=O) groups is 1. The van der Waals surface area contributed by atoms with E-state index in [0.717, 1.165) is 19.5 Å². The Labute approximate surface area is 115 Å². The summed E-state index contributed by atoms with van der Waals surface area (Å²) in [7, 11) is 0. The summed E-state index contributed by atoms with van der Waals surface area (Å²) in [5.74, 6) is -0.261. The molecule has 104 valence electrons.